The molecule has 8 heteroatoms. The maximum atomic E-state index is 14.9. The first-order valence-electron chi connectivity index (χ1n) is 13.9. The molecule has 0 spiro atoms. The number of halogens is 2. The van der Waals surface area contributed by atoms with Crippen molar-refractivity contribution in [3.8, 4) is 0 Å². The second-order valence-electron chi connectivity index (χ2n) is 10.7. The van der Waals surface area contributed by atoms with Gasteiger partial charge >= 0.3 is 0 Å². The zero-order valence-corrected chi connectivity index (χ0v) is 23.6. The molecule has 210 valence electrons. The number of ether oxygens (including phenoxy) is 1. The number of hydrogen-bond acceptors (Lipinski definition) is 4. The SMILES string of the molecule is Cc1ccc(NC(=O)[C@H]2CCCN(C(=O)c3c(C)cccc3F)[C@H]2c2ccc(NC3CCOCC3)cc2)cc1Cl. The highest BCUT2D eigenvalue weighted by molar-refractivity contribution is 6.31. The number of carbonyl (C=O) groups excluding carboxylic acids is 2. The molecular formula is C32H35ClFN3O3. The van der Waals surface area contributed by atoms with Crippen LogP contribution in [0.2, 0.25) is 5.02 Å². The van der Waals surface area contributed by atoms with Crippen LogP contribution in [-0.2, 0) is 9.53 Å². The van der Waals surface area contributed by atoms with E-state index in [1.54, 1.807) is 30.0 Å². The number of likely N-dealkylation sites (tertiary alicyclic amines) is 1. The summed E-state index contributed by atoms with van der Waals surface area (Å²) in [6.45, 7) is 5.55. The molecule has 6 nitrogen and oxygen atoms in total. The van der Waals surface area contributed by atoms with Gasteiger partial charge in [0.15, 0.2) is 0 Å². The Kier molecular flexibility index (Phi) is 8.72. The highest BCUT2D eigenvalue weighted by Crippen LogP contribution is 2.39. The third kappa shape index (κ3) is 6.16. The molecule has 2 atom stereocenters. The summed E-state index contributed by atoms with van der Waals surface area (Å²) in [5.41, 5.74) is 3.95. The summed E-state index contributed by atoms with van der Waals surface area (Å²) in [7, 11) is 0. The summed E-state index contributed by atoms with van der Waals surface area (Å²) in [6, 6.07) is 17.8. The van der Waals surface area contributed by atoms with Crippen molar-refractivity contribution in [2.45, 2.75) is 51.6 Å². The summed E-state index contributed by atoms with van der Waals surface area (Å²) >= 11 is 6.30. The van der Waals surface area contributed by atoms with Gasteiger partial charge in [0.1, 0.15) is 5.82 Å². The van der Waals surface area contributed by atoms with Crippen molar-refractivity contribution in [3.63, 3.8) is 0 Å². The van der Waals surface area contributed by atoms with E-state index < -0.39 is 23.7 Å². The highest BCUT2D eigenvalue weighted by Gasteiger charge is 2.40. The van der Waals surface area contributed by atoms with Crippen molar-refractivity contribution in [3.05, 3.63) is 93.8 Å². The second kappa shape index (κ2) is 12.4. The summed E-state index contributed by atoms with van der Waals surface area (Å²) < 4.78 is 20.4. The number of benzene rings is 3. The lowest BCUT2D eigenvalue weighted by Gasteiger charge is -2.41. The zero-order chi connectivity index (χ0) is 28.2. The average molecular weight is 564 g/mol. The maximum absolute atomic E-state index is 14.9. The van der Waals surface area contributed by atoms with Crippen LogP contribution in [0.5, 0.6) is 0 Å². The van der Waals surface area contributed by atoms with Gasteiger partial charge in [0.05, 0.1) is 17.5 Å². The van der Waals surface area contributed by atoms with E-state index in [-0.39, 0.29) is 11.5 Å². The van der Waals surface area contributed by atoms with Crippen LogP contribution in [0.15, 0.2) is 60.7 Å². The molecule has 2 heterocycles. The molecule has 5 rings (SSSR count). The Morgan fingerprint density at radius 1 is 0.950 bits per heavy atom. The van der Waals surface area contributed by atoms with E-state index in [1.807, 2.05) is 43.3 Å². The summed E-state index contributed by atoms with van der Waals surface area (Å²) in [5.74, 6) is -1.68. The first-order valence-corrected chi connectivity index (χ1v) is 14.3. The van der Waals surface area contributed by atoms with Crippen molar-refractivity contribution < 1.29 is 18.7 Å². The van der Waals surface area contributed by atoms with E-state index in [0.717, 1.165) is 42.9 Å². The third-order valence-electron chi connectivity index (χ3n) is 7.95. The molecule has 40 heavy (non-hydrogen) atoms. The maximum Gasteiger partial charge on any atom is 0.257 e. The minimum Gasteiger partial charge on any atom is -0.382 e. The number of rotatable bonds is 6. The minimum atomic E-state index is -0.557. The lowest BCUT2D eigenvalue weighted by molar-refractivity contribution is -0.123. The van der Waals surface area contributed by atoms with Crippen LogP contribution in [0, 0.1) is 25.6 Å². The molecule has 2 N–H and O–H groups in total. The molecule has 0 radical (unpaired) electrons. The van der Waals surface area contributed by atoms with Crippen LogP contribution >= 0.6 is 11.6 Å². The summed E-state index contributed by atoms with van der Waals surface area (Å²) in [5, 5.41) is 7.13. The smallest absolute Gasteiger partial charge is 0.257 e. The number of nitrogens with zero attached hydrogens (tertiary/aromatic N) is 1. The fraction of sp³-hybridized carbons (Fsp3) is 0.375. The molecule has 0 aromatic heterocycles. The number of hydrogen-bond donors (Lipinski definition) is 2. The Morgan fingerprint density at radius 3 is 2.38 bits per heavy atom. The van der Waals surface area contributed by atoms with Crippen molar-refractivity contribution >= 4 is 34.8 Å². The Morgan fingerprint density at radius 2 is 1.68 bits per heavy atom. The zero-order valence-electron chi connectivity index (χ0n) is 22.9. The molecule has 0 saturated carbocycles. The number of amides is 2. The Balaban J connectivity index is 1.46. The molecule has 2 amide bonds. The fourth-order valence-electron chi connectivity index (χ4n) is 5.72. The molecule has 3 aromatic carbocycles. The van der Waals surface area contributed by atoms with Crippen molar-refractivity contribution in [1.29, 1.82) is 0 Å². The van der Waals surface area contributed by atoms with Gasteiger partial charge < -0.3 is 20.3 Å². The monoisotopic (exact) mass is 563 g/mol. The van der Waals surface area contributed by atoms with Crippen molar-refractivity contribution in [2.75, 3.05) is 30.4 Å². The Hall–Kier alpha value is -3.42. The van der Waals surface area contributed by atoms with Gasteiger partial charge in [-0.3, -0.25) is 9.59 Å². The predicted octanol–water partition coefficient (Wildman–Crippen LogP) is 6.92. The number of carbonyl (C=O) groups is 2. The van der Waals surface area contributed by atoms with Gasteiger partial charge in [0.25, 0.3) is 5.91 Å². The van der Waals surface area contributed by atoms with Crippen LogP contribution in [0.25, 0.3) is 0 Å². The lowest BCUT2D eigenvalue weighted by atomic mass is 9.83. The second-order valence-corrected chi connectivity index (χ2v) is 11.1. The van der Waals surface area contributed by atoms with Gasteiger partial charge in [-0.25, -0.2) is 4.39 Å². The molecule has 0 aliphatic carbocycles. The van der Waals surface area contributed by atoms with Gasteiger partial charge in [-0.1, -0.05) is 41.9 Å². The van der Waals surface area contributed by atoms with Gasteiger partial charge in [0.2, 0.25) is 5.91 Å². The fourth-order valence-corrected chi connectivity index (χ4v) is 5.90. The highest BCUT2D eigenvalue weighted by atomic mass is 35.5. The standard InChI is InChI=1S/C32H35ClFN3O3/c1-20-8-11-25(19-27(20)33)36-31(38)26-6-4-16-37(32(39)29-21(2)5-3-7-28(29)34)30(26)22-9-12-23(13-10-22)35-24-14-17-40-18-15-24/h3,5,7-13,19,24,26,30,35H,4,6,14-18H2,1-2H3,(H,36,38)/t26-,30-/m0/s1. The van der Waals surface area contributed by atoms with Crippen LogP contribution in [0.1, 0.15) is 58.8 Å². The molecule has 2 aliphatic rings. The lowest BCUT2D eigenvalue weighted by Crippen LogP contribution is -2.46. The van der Waals surface area contributed by atoms with E-state index in [1.165, 1.54) is 6.07 Å². The number of aryl methyl sites for hydroxylation is 2. The van der Waals surface area contributed by atoms with Gasteiger partial charge in [-0.15, -0.1) is 0 Å². The van der Waals surface area contributed by atoms with E-state index in [9.17, 15) is 14.0 Å². The first kappa shape index (κ1) is 28.1. The minimum absolute atomic E-state index is 0.0525. The number of nitrogens with one attached hydrogen (secondary N) is 2. The van der Waals surface area contributed by atoms with Crippen LogP contribution in [0.3, 0.4) is 0 Å². The van der Waals surface area contributed by atoms with Gasteiger partial charge in [-0.05, 0) is 86.6 Å². The molecule has 2 fully saturated rings. The molecular weight excluding hydrogens is 529 g/mol. The van der Waals surface area contributed by atoms with Gasteiger partial charge in [-0.2, -0.15) is 0 Å². The number of anilines is 2. The third-order valence-corrected chi connectivity index (χ3v) is 8.36. The van der Waals surface area contributed by atoms with Crippen molar-refractivity contribution in [2.24, 2.45) is 5.92 Å². The quantitative estimate of drug-likeness (QED) is 0.341. The van der Waals surface area contributed by atoms with Crippen LogP contribution in [-0.4, -0.2) is 42.5 Å². The average Bonchev–Trinajstić information content (AvgIpc) is 2.95. The molecule has 2 aliphatic heterocycles. The van der Waals surface area contributed by atoms with Crippen LogP contribution < -0.4 is 10.6 Å². The van der Waals surface area contributed by atoms with E-state index >= 15 is 0 Å². The molecule has 3 aromatic rings. The first-order chi connectivity index (χ1) is 19.3. The molecule has 0 bridgehead atoms. The van der Waals surface area contributed by atoms with E-state index in [2.05, 4.69) is 10.6 Å². The molecule has 2 saturated heterocycles. The van der Waals surface area contributed by atoms with E-state index in [0.29, 0.717) is 41.7 Å². The number of piperidine rings is 1. The van der Waals surface area contributed by atoms with Gasteiger partial charge in [0, 0.05) is 42.2 Å². The summed E-state index contributed by atoms with van der Waals surface area (Å²) in [4.78, 5) is 29.3. The topological polar surface area (TPSA) is 70.7 Å². The normalized spacial score (nSPS) is 19.8. The van der Waals surface area contributed by atoms with Crippen molar-refractivity contribution in [1.82, 2.24) is 4.90 Å². The summed E-state index contributed by atoms with van der Waals surface area (Å²) in [6.07, 6.45) is 3.11. The predicted molar refractivity (Wildman–Crippen MR) is 156 cm³/mol. The molecule has 0 unspecified atom stereocenters. The Labute approximate surface area is 239 Å². The van der Waals surface area contributed by atoms with E-state index in [4.69, 9.17) is 16.3 Å². The van der Waals surface area contributed by atoms with Crippen LogP contribution in [0.4, 0.5) is 15.8 Å². The Bertz CT molecular complexity index is 1350. The largest absolute Gasteiger partial charge is 0.382 e.